The molecular formula is C23H30INO5. The van der Waals surface area contributed by atoms with Crippen LogP contribution in [0.5, 0.6) is 5.75 Å². The highest BCUT2D eigenvalue weighted by Crippen LogP contribution is 2.21. The first-order chi connectivity index (χ1) is 14.2. The van der Waals surface area contributed by atoms with Crippen LogP contribution in [0.2, 0.25) is 0 Å². The Morgan fingerprint density at radius 1 is 1.07 bits per heavy atom. The summed E-state index contributed by atoms with van der Waals surface area (Å²) in [5.41, 5.74) is 2.82. The molecule has 0 saturated heterocycles. The molecule has 0 aliphatic rings. The number of hydrogen-bond donors (Lipinski definition) is 2. The third-order valence-corrected chi connectivity index (χ3v) is 5.83. The highest BCUT2D eigenvalue weighted by molar-refractivity contribution is 14.1. The lowest BCUT2D eigenvalue weighted by molar-refractivity contribution is -0.159. The van der Waals surface area contributed by atoms with Crippen LogP contribution in [0.25, 0.3) is 0 Å². The standard InChI is InChI=1S/C21H28INO.C2H2O4/c1-17(15-19-16-20(24-3)12-13-21(19)22)23(2)14-8-7-11-18-9-5-4-6-10-18;3-1(4)2(5)6/h4-6,9-10,12-13,16-17H,7-8,11,14-15H2,1-3H3;(H,3,4)(H,5,6). The molecule has 0 aliphatic heterocycles. The third-order valence-electron chi connectivity index (χ3n) is 4.77. The van der Waals surface area contributed by atoms with Gasteiger partial charge in [0, 0.05) is 9.61 Å². The molecule has 1 unspecified atom stereocenters. The minimum absolute atomic E-state index is 0.530. The van der Waals surface area contributed by atoms with E-state index in [4.69, 9.17) is 24.5 Å². The maximum atomic E-state index is 9.10. The number of ether oxygens (including phenoxy) is 1. The first-order valence-electron chi connectivity index (χ1n) is 9.77. The molecule has 0 heterocycles. The molecule has 0 radical (unpaired) electrons. The lowest BCUT2D eigenvalue weighted by Gasteiger charge is -2.25. The Hall–Kier alpha value is -2.13. The number of likely N-dealkylation sites (N-methyl/N-ethyl adjacent to an activating group) is 1. The lowest BCUT2D eigenvalue weighted by atomic mass is 10.0. The molecule has 2 rings (SSSR count). The summed E-state index contributed by atoms with van der Waals surface area (Å²) < 4.78 is 6.67. The molecule has 6 nitrogen and oxygen atoms in total. The van der Waals surface area contributed by atoms with E-state index in [2.05, 4.69) is 83.9 Å². The van der Waals surface area contributed by atoms with Gasteiger partial charge in [0.25, 0.3) is 0 Å². The summed E-state index contributed by atoms with van der Waals surface area (Å²) in [6, 6.07) is 17.6. The number of aryl methyl sites for hydroxylation is 1. The molecule has 1 atom stereocenters. The van der Waals surface area contributed by atoms with Crippen LogP contribution in [0.3, 0.4) is 0 Å². The van der Waals surface area contributed by atoms with Gasteiger partial charge < -0.3 is 19.8 Å². The summed E-state index contributed by atoms with van der Waals surface area (Å²) in [6.45, 7) is 3.46. The number of hydrogen-bond acceptors (Lipinski definition) is 4. The van der Waals surface area contributed by atoms with E-state index in [1.807, 2.05) is 6.07 Å². The van der Waals surface area contributed by atoms with E-state index >= 15 is 0 Å². The molecule has 7 heteroatoms. The molecule has 0 aromatic heterocycles. The van der Waals surface area contributed by atoms with E-state index in [-0.39, 0.29) is 0 Å². The van der Waals surface area contributed by atoms with Gasteiger partial charge in [0.2, 0.25) is 0 Å². The minimum atomic E-state index is -1.82. The maximum Gasteiger partial charge on any atom is 0.414 e. The van der Waals surface area contributed by atoms with Crippen molar-refractivity contribution < 1.29 is 24.5 Å². The molecule has 0 saturated carbocycles. The number of nitrogens with zero attached hydrogens (tertiary/aromatic N) is 1. The number of unbranched alkanes of at least 4 members (excludes halogenated alkanes) is 1. The average molecular weight is 527 g/mol. The fraction of sp³-hybridized carbons (Fsp3) is 0.391. The summed E-state index contributed by atoms with van der Waals surface area (Å²) in [4.78, 5) is 20.7. The van der Waals surface area contributed by atoms with E-state index < -0.39 is 11.9 Å². The van der Waals surface area contributed by atoms with Gasteiger partial charge in [0.15, 0.2) is 0 Å². The number of carboxylic acids is 2. The van der Waals surface area contributed by atoms with Crippen LogP contribution in [-0.4, -0.2) is 53.8 Å². The summed E-state index contributed by atoms with van der Waals surface area (Å²) in [7, 11) is 3.97. The number of carbonyl (C=O) groups is 2. The second kappa shape index (κ2) is 14.0. The molecule has 2 N–H and O–H groups in total. The Balaban J connectivity index is 0.000000656. The van der Waals surface area contributed by atoms with Gasteiger partial charge in [0.1, 0.15) is 5.75 Å². The van der Waals surface area contributed by atoms with Crippen LogP contribution in [0.15, 0.2) is 48.5 Å². The fourth-order valence-corrected chi connectivity index (χ4v) is 3.42. The second-order valence-corrected chi connectivity index (χ2v) is 8.21. The predicted molar refractivity (Wildman–Crippen MR) is 126 cm³/mol. The first kappa shape index (κ1) is 25.9. The lowest BCUT2D eigenvalue weighted by Crippen LogP contribution is -2.32. The Kier molecular flexibility index (Phi) is 12.1. The molecule has 0 spiro atoms. The number of methoxy groups -OCH3 is 1. The van der Waals surface area contributed by atoms with Crippen LogP contribution in [0.1, 0.15) is 30.9 Å². The van der Waals surface area contributed by atoms with Crippen molar-refractivity contribution in [2.45, 2.75) is 38.6 Å². The van der Waals surface area contributed by atoms with E-state index in [1.54, 1.807) is 7.11 Å². The fourth-order valence-electron chi connectivity index (χ4n) is 2.86. The van der Waals surface area contributed by atoms with Crippen LogP contribution in [0.4, 0.5) is 0 Å². The van der Waals surface area contributed by atoms with E-state index in [0.29, 0.717) is 6.04 Å². The second-order valence-electron chi connectivity index (χ2n) is 7.04. The maximum absolute atomic E-state index is 9.10. The predicted octanol–water partition coefficient (Wildman–Crippen LogP) is 4.34. The van der Waals surface area contributed by atoms with Crippen molar-refractivity contribution in [1.29, 1.82) is 0 Å². The quantitative estimate of drug-likeness (QED) is 0.287. The Morgan fingerprint density at radius 2 is 1.70 bits per heavy atom. The summed E-state index contributed by atoms with van der Waals surface area (Å²) in [5, 5.41) is 14.8. The van der Waals surface area contributed by atoms with Gasteiger partial charge >= 0.3 is 11.9 Å². The number of rotatable bonds is 9. The number of aliphatic carboxylic acids is 2. The van der Waals surface area contributed by atoms with Gasteiger partial charge in [-0.3, -0.25) is 0 Å². The summed E-state index contributed by atoms with van der Waals surface area (Å²) >= 11 is 2.42. The van der Waals surface area contributed by atoms with Crippen molar-refractivity contribution in [3.05, 3.63) is 63.2 Å². The largest absolute Gasteiger partial charge is 0.497 e. The smallest absolute Gasteiger partial charge is 0.414 e. The normalized spacial score (nSPS) is 11.4. The SMILES string of the molecule is COc1ccc(I)c(CC(C)N(C)CCCCc2ccccc2)c1.O=C(O)C(=O)O. The van der Waals surface area contributed by atoms with Crippen LogP contribution < -0.4 is 4.74 Å². The van der Waals surface area contributed by atoms with Gasteiger partial charge in [-0.25, -0.2) is 9.59 Å². The number of halogens is 1. The minimum Gasteiger partial charge on any atom is -0.497 e. The van der Waals surface area contributed by atoms with Crippen molar-refractivity contribution in [3.63, 3.8) is 0 Å². The van der Waals surface area contributed by atoms with Crippen molar-refractivity contribution in [2.24, 2.45) is 0 Å². The van der Waals surface area contributed by atoms with E-state index in [9.17, 15) is 0 Å². The van der Waals surface area contributed by atoms with Crippen molar-refractivity contribution in [1.82, 2.24) is 4.90 Å². The van der Waals surface area contributed by atoms with Crippen molar-refractivity contribution in [2.75, 3.05) is 20.7 Å². The summed E-state index contributed by atoms with van der Waals surface area (Å²) in [6.07, 6.45) is 4.73. The monoisotopic (exact) mass is 527 g/mol. The first-order valence-corrected chi connectivity index (χ1v) is 10.8. The molecule has 30 heavy (non-hydrogen) atoms. The van der Waals surface area contributed by atoms with Gasteiger partial charge in [0.05, 0.1) is 7.11 Å². The molecule has 0 aliphatic carbocycles. The van der Waals surface area contributed by atoms with Crippen molar-refractivity contribution >= 4 is 34.5 Å². The highest BCUT2D eigenvalue weighted by atomic mass is 127. The molecule has 2 aromatic rings. The Labute approximate surface area is 192 Å². The van der Waals surface area contributed by atoms with Crippen LogP contribution >= 0.6 is 22.6 Å². The van der Waals surface area contributed by atoms with E-state index in [1.165, 1.54) is 34.0 Å². The Morgan fingerprint density at radius 3 is 2.27 bits per heavy atom. The molecule has 2 aromatic carbocycles. The van der Waals surface area contributed by atoms with Gasteiger partial charge in [-0.05, 0) is 98.1 Å². The zero-order valence-electron chi connectivity index (χ0n) is 17.7. The van der Waals surface area contributed by atoms with Gasteiger partial charge in [-0.15, -0.1) is 0 Å². The molecular weight excluding hydrogens is 497 g/mol. The van der Waals surface area contributed by atoms with Crippen LogP contribution in [0, 0.1) is 3.57 Å². The number of carboxylic acid groups (broad SMARTS) is 2. The topological polar surface area (TPSA) is 87.1 Å². The molecule has 0 bridgehead atoms. The number of benzene rings is 2. The van der Waals surface area contributed by atoms with E-state index in [0.717, 1.165) is 18.7 Å². The highest BCUT2D eigenvalue weighted by Gasteiger charge is 2.12. The zero-order chi connectivity index (χ0) is 22.5. The third kappa shape index (κ3) is 10.1. The summed E-state index contributed by atoms with van der Waals surface area (Å²) in [5.74, 6) is -2.70. The molecule has 0 fully saturated rings. The zero-order valence-corrected chi connectivity index (χ0v) is 19.8. The molecule has 164 valence electrons. The van der Waals surface area contributed by atoms with Crippen LogP contribution in [-0.2, 0) is 22.4 Å². The van der Waals surface area contributed by atoms with Crippen molar-refractivity contribution in [3.8, 4) is 5.75 Å². The Bertz CT molecular complexity index is 785. The average Bonchev–Trinajstić information content (AvgIpc) is 2.73. The van der Waals surface area contributed by atoms with Gasteiger partial charge in [-0.2, -0.15) is 0 Å². The molecule has 0 amide bonds. The van der Waals surface area contributed by atoms with Gasteiger partial charge in [-0.1, -0.05) is 30.3 Å².